The minimum atomic E-state index is 0.0526. The summed E-state index contributed by atoms with van der Waals surface area (Å²) in [5.74, 6) is 0.178. The van der Waals surface area contributed by atoms with Gasteiger partial charge in [-0.2, -0.15) is 0 Å². The first-order chi connectivity index (χ1) is 9.92. The van der Waals surface area contributed by atoms with Crippen molar-refractivity contribution in [2.24, 2.45) is 11.3 Å². The third kappa shape index (κ3) is 3.85. The smallest absolute Gasteiger partial charge is 0.222 e. The SMILES string of the molecule is CC(C)C(=O)NCCNC1c2ccccc2CCC1(C)C. The molecule has 2 N–H and O–H groups in total. The lowest BCUT2D eigenvalue weighted by atomic mass is 9.70. The number of carbonyl (C=O) groups excluding carboxylic acids is 1. The quantitative estimate of drug-likeness (QED) is 0.818. The monoisotopic (exact) mass is 288 g/mol. The first-order valence-electron chi connectivity index (χ1n) is 8.01. The predicted molar refractivity (Wildman–Crippen MR) is 87.1 cm³/mol. The lowest BCUT2D eigenvalue weighted by molar-refractivity contribution is -0.123. The second-order valence-corrected chi connectivity index (χ2v) is 7.02. The molecule has 116 valence electrons. The highest BCUT2D eigenvalue weighted by molar-refractivity contribution is 5.77. The highest BCUT2D eigenvalue weighted by Crippen LogP contribution is 2.43. The molecular weight excluding hydrogens is 260 g/mol. The van der Waals surface area contributed by atoms with Crippen LogP contribution < -0.4 is 10.6 Å². The maximum atomic E-state index is 11.6. The van der Waals surface area contributed by atoms with Gasteiger partial charge in [0.15, 0.2) is 0 Å². The Morgan fingerprint density at radius 1 is 1.29 bits per heavy atom. The zero-order chi connectivity index (χ0) is 15.5. The molecule has 1 amide bonds. The molecule has 1 aliphatic rings. The van der Waals surface area contributed by atoms with Crippen molar-refractivity contribution in [1.82, 2.24) is 10.6 Å². The maximum Gasteiger partial charge on any atom is 0.222 e. The molecule has 3 nitrogen and oxygen atoms in total. The average molecular weight is 288 g/mol. The van der Waals surface area contributed by atoms with E-state index in [9.17, 15) is 4.79 Å². The molecule has 0 fully saturated rings. The van der Waals surface area contributed by atoms with Crippen molar-refractivity contribution in [3.63, 3.8) is 0 Å². The van der Waals surface area contributed by atoms with E-state index in [2.05, 4.69) is 48.7 Å². The van der Waals surface area contributed by atoms with Gasteiger partial charge < -0.3 is 10.6 Å². The van der Waals surface area contributed by atoms with Gasteiger partial charge in [-0.15, -0.1) is 0 Å². The van der Waals surface area contributed by atoms with Crippen LogP contribution in [0.25, 0.3) is 0 Å². The molecule has 21 heavy (non-hydrogen) atoms. The van der Waals surface area contributed by atoms with Gasteiger partial charge in [0.1, 0.15) is 0 Å². The second kappa shape index (κ2) is 6.61. The topological polar surface area (TPSA) is 41.1 Å². The van der Waals surface area contributed by atoms with Crippen LogP contribution >= 0.6 is 0 Å². The van der Waals surface area contributed by atoms with Crippen LogP contribution in [0.4, 0.5) is 0 Å². The van der Waals surface area contributed by atoms with Crippen molar-refractivity contribution < 1.29 is 4.79 Å². The highest BCUT2D eigenvalue weighted by Gasteiger charge is 2.35. The number of amides is 1. The molecule has 1 aromatic rings. The molecule has 0 aromatic heterocycles. The van der Waals surface area contributed by atoms with Gasteiger partial charge in [-0.05, 0) is 29.4 Å². The fraction of sp³-hybridized carbons (Fsp3) is 0.611. The van der Waals surface area contributed by atoms with Gasteiger partial charge in [-0.25, -0.2) is 0 Å². The summed E-state index contributed by atoms with van der Waals surface area (Å²) in [6, 6.07) is 9.07. The average Bonchev–Trinajstić information content (AvgIpc) is 2.44. The predicted octanol–water partition coefficient (Wildman–Crippen LogP) is 3.06. The van der Waals surface area contributed by atoms with Gasteiger partial charge in [-0.1, -0.05) is 52.0 Å². The van der Waals surface area contributed by atoms with E-state index >= 15 is 0 Å². The van der Waals surface area contributed by atoms with Crippen molar-refractivity contribution in [2.45, 2.75) is 46.6 Å². The molecule has 2 rings (SSSR count). The van der Waals surface area contributed by atoms with E-state index < -0.39 is 0 Å². The summed E-state index contributed by atoms with van der Waals surface area (Å²) in [5, 5.41) is 6.62. The Bertz CT molecular complexity index is 494. The number of aryl methyl sites for hydroxylation is 1. The number of benzene rings is 1. The first-order valence-corrected chi connectivity index (χ1v) is 8.01. The number of nitrogens with one attached hydrogen (secondary N) is 2. The Morgan fingerprint density at radius 2 is 2.00 bits per heavy atom. The van der Waals surface area contributed by atoms with Gasteiger partial charge in [0.05, 0.1) is 0 Å². The summed E-state index contributed by atoms with van der Waals surface area (Å²) in [4.78, 5) is 11.6. The molecule has 0 heterocycles. The van der Waals surface area contributed by atoms with E-state index in [1.54, 1.807) is 0 Å². The Hall–Kier alpha value is -1.35. The first kappa shape index (κ1) is 16.0. The van der Waals surface area contributed by atoms with E-state index in [0.717, 1.165) is 13.0 Å². The summed E-state index contributed by atoms with van der Waals surface area (Å²) in [7, 11) is 0. The van der Waals surface area contributed by atoms with Crippen molar-refractivity contribution in [3.05, 3.63) is 35.4 Å². The Labute approximate surface area is 128 Å². The summed E-state index contributed by atoms with van der Waals surface area (Å²) in [6.45, 7) is 9.99. The van der Waals surface area contributed by atoms with Crippen LogP contribution in [0, 0.1) is 11.3 Å². The summed E-state index contributed by atoms with van der Waals surface area (Å²) >= 11 is 0. The molecule has 0 radical (unpaired) electrons. The van der Waals surface area contributed by atoms with Crippen molar-refractivity contribution in [1.29, 1.82) is 0 Å². The van der Waals surface area contributed by atoms with Gasteiger partial charge in [0, 0.05) is 25.0 Å². The lowest BCUT2D eigenvalue weighted by Crippen LogP contribution is -2.42. The zero-order valence-corrected chi connectivity index (χ0v) is 13.7. The molecule has 1 atom stereocenters. The van der Waals surface area contributed by atoms with Crippen molar-refractivity contribution in [2.75, 3.05) is 13.1 Å². The maximum absolute atomic E-state index is 11.6. The number of carbonyl (C=O) groups is 1. The molecule has 1 aromatic carbocycles. The summed E-state index contributed by atoms with van der Waals surface area (Å²) in [6.07, 6.45) is 2.35. The number of rotatable bonds is 5. The standard InChI is InChI=1S/C18H28N2O/c1-13(2)17(21)20-12-11-19-16-15-8-6-5-7-14(15)9-10-18(16,3)4/h5-8,13,16,19H,9-12H2,1-4H3,(H,20,21). The summed E-state index contributed by atoms with van der Waals surface area (Å²) < 4.78 is 0. The second-order valence-electron chi connectivity index (χ2n) is 7.02. The van der Waals surface area contributed by atoms with E-state index in [0.29, 0.717) is 12.6 Å². The number of hydrogen-bond acceptors (Lipinski definition) is 2. The number of hydrogen-bond donors (Lipinski definition) is 2. The van der Waals surface area contributed by atoms with E-state index in [4.69, 9.17) is 0 Å². The summed E-state index contributed by atoms with van der Waals surface area (Å²) in [5.41, 5.74) is 3.13. The fourth-order valence-corrected chi connectivity index (χ4v) is 3.06. The normalized spacial score (nSPS) is 20.1. The molecule has 1 aliphatic carbocycles. The van der Waals surface area contributed by atoms with Gasteiger partial charge in [0.25, 0.3) is 0 Å². The Morgan fingerprint density at radius 3 is 2.71 bits per heavy atom. The van der Waals surface area contributed by atoms with Crippen molar-refractivity contribution >= 4 is 5.91 Å². The molecule has 3 heteroatoms. The van der Waals surface area contributed by atoms with Gasteiger partial charge >= 0.3 is 0 Å². The Balaban J connectivity index is 1.96. The van der Waals surface area contributed by atoms with Gasteiger partial charge in [0.2, 0.25) is 5.91 Å². The minimum Gasteiger partial charge on any atom is -0.355 e. The molecule has 0 aliphatic heterocycles. The largest absolute Gasteiger partial charge is 0.355 e. The molecule has 0 spiro atoms. The van der Waals surface area contributed by atoms with Crippen LogP contribution in [0.5, 0.6) is 0 Å². The third-order valence-electron chi connectivity index (χ3n) is 4.48. The van der Waals surface area contributed by atoms with Crippen LogP contribution in [-0.2, 0) is 11.2 Å². The minimum absolute atomic E-state index is 0.0526. The molecular formula is C18H28N2O. The van der Waals surface area contributed by atoms with Crippen LogP contribution in [0.15, 0.2) is 24.3 Å². The molecule has 0 saturated heterocycles. The fourth-order valence-electron chi connectivity index (χ4n) is 3.06. The lowest BCUT2D eigenvalue weighted by Gasteiger charge is -2.40. The van der Waals surface area contributed by atoms with E-state index in [1.165, 1.54) is 17.5 Å². The highest BCUT2D eigenvalue weighted by atomic mass is 16.1. The van der Waals surface area contributed by atoms with Crippen LogP contribution in [0.2, 0.25) is 0 Å². The van der Waals surface area contributed by atoms with Gasteiger partial charge in [-0.3, -0.25) is 4.79 Å². The third-order valence-corrected chi connectivity index (χ3v) is 4.48. The molecule has 0 saturated carbocycles. The van der Waals surface area contributed by atoms with Crippen LogP contribution in [-0.4, -0.2) is 19.0 Å². The molecule has 1 unspecified atom stereocenters. The van der Waals surface area contributed by atoms with E-state index in [-0.39, 0.29) is 17.2 Å². The van der Waals surface area contributed by atoms with Crippen LogP contribution in [0.1, 0.15) is 51.3 Å². The van der Waals surface area contributed by atoms with Crippen molar-refractivity contribution in [3.8, 4) is 0 Å². The van der Waals surface area contributed by atoms with E-state index in [1.807, 2.05) is 13.8 Å². The Kier molecular flexibility index (Phi) is 5.04. The number of fused-ring (bicyclic) bond motifs is 1. The zero-order valence-electron chi connectivity index (χ0n) is 13.7. The van der Waals surface area contributed by atoms with Crippen LogP contribution in [0.3, 0.4) is 0 Å². The molecule has 0 bridgehead atoms.